The summed E-state index contributed by atoms with van der Waals surface area (Å²) < 4.78 is 10.6. The molecule has 20 heavy (non-hydrogen) atoms. The first kappa shape index (κ1) is 14.3. The van der Waals surface area contributed by atoms with Crippen LogP contribution in [0.25, 0.3) is 0 Å². The normalized spacial score (nSPS) is 18.5. The molecule has 0 amide bonds. The molecule has 1 atom stereocenters. The Morgan fingerprint density at radius 1 is 1.50 bits per heavy atom. The van der Waals surface area contributed by atoms with Gasteiger partial charge in [-0.05, 0) is 31.4 Å². The Morgan fingerprint density at radius 3 is 2.95 bits per heavy atom. The number of hydrogen-bond acceptors (Lipinski definition) is 6. The first-order chi connectivity index (χ1) is 9.58. The summed E-state index contributed by atoms with van der Waals surface area (Å²) in [4.78, 5) is 22.0. The number of carbonyl (C=O) groups excluding carboxylic acids is 1. The molecule has 1 fully saturated rings. The molecule has 1 unspecified atom stereocenters. The monoisotopic (exact) mass is 280 g/mol. The van der Waals surface area contributed by atoms with Crippen molar-refractivity contribution in [2.24, 2.45) is 0 Å². The molecule has 2 N–H and O–H groups in total. The maximum Gasteiger partial charge on any atom is 0.338 e. The number of nitrogens with two attached hydrogens (primary N) is 1. The van der Waals surface area contributed by atoms with Gasteiger partial charge in [0.05, 0.1) is 16.6 Å². The van der Waals surface area contributed by atoms with Crippen molar-refractivity contribution in [3.63, 3.8) is 0 Å². The molecule has 0 aromatic heterocycles. The number of rotatable bonds is 4. The smallest absolute Gasteiger partial charge is 0.338 e. The van der Waals surface area contributed by atoms with Crippen molar-refractivity contribution in [3.8, 4) is 0 Å². The molecule has 0 spiro atoms. The van der Waals surface area contributed by atoms with Crippen LogP contribution in [0.4, 0.5) is 11.4 Å². The lowest BCUT2D eigenvalue weighted by Crippen LogP contribution is -2.26. The Labute approximate surface area is 115 Å². The third-order valence-corrected chi connectivity index (χ3v) is 3.14. The van der Waals surface area contributed by atoms with Gasteiger partial charge in [0, 0.05) is 12.7 Å². The van der Waals surface area contributed by atoms with E-state index in [1.165, 1.54) is 12.1 Å². The Morgan fingerprint density at radius 2 is 2.30 bits per heavy atom. The predicted octanol–water partition coefficient (Wildman–Crippen LogP) is 1.90. The summed E-state index contributed by atoms with van der Waals surface area (Å²) in [6, 6.07) is 3.86. The number of carbonyl (C=O) groups is 1. The highest BCUT2D eigenvalue weighted by Crippen LogP contribution is 2.23. The van der Waals surface area contributed by atoms with Gasteiger partial charge in [0.25, 0.3) is 5.69 Å². The van der Waals surface area contributed by atoms with Gasteiger partial charge in [-0.2, -0.15) is 0 Å². The van der Waals surface area contributed by atoms with Gasteiger partial charge in [0.1, 0.15) is 12.3 Å². The zero-order chi connectivity index (χ0) is 14.5. The summed E-state index contributed by atoms with van der Waals surface area (Å²) in [5, 5.41) is 10.8. The van der Waals surface area contributed by atoms with E-state index in [0.717, 1.165) is 25.3 Å². The van der Waals surface area contributed by atoms with E-state index in [9.17, 15) is 14.9 Å². The molecular formula is C13H16N2O5. The van der Waals surface area contributed by atoms with Crippen LogP contribution in [0.3, 0.4) is 0 Å². The van der Waals surface area contributed by atoms with Crippen LogP contribution in [0.2, 0.25) is 0 Å². The second-order valence-corrected chi connectivity index (χ2v) is 4.62. The first-order valence-electron chi connectivity index (χ1n) is 6.40. The van der Waals surface area contributed by atoms with Crippen LogP contribution in [-0.2, 0) is 9.47 Å². The average Bonchev–Trinajstić information content (AvgIpc) is 2.46. The summed E-state index contributed by atoms with van der Waals surface area (Å²) >= 11 is 0. The molecule has 7 nitrogen and oxygen atoms in total. The number of nitro benzene ring substituents is 1. The summed E-state index contributed by atoms with van der Waals surface area (Å²) in [5.41, 5.74) is 5.30. The van der Waals surface area contributed by atoms with E-state index in [2.05, 4.69) is 0 Å². The first-order valence-corrected chi connectivity index (χ1v) is 6.40. The summed E-state index contributed by atoms with van der Waals surface area (Å²) in [6.45, 7) is 0.840. The van der Waals surface area contributed by atoms with Crippen molar-refractivity contribution in [1.82, 2.24) is 0 Å². The highest BCUT2D eigenvalue weighted by atomic mass is 16.6. The summed E-state index contributed by atoms with van der Waals surface area (Å²) in [6.07, 6.45) is 2.84. The fourth-order valence-electron chi connectivity index (χ4n) is 2.02. The third kappa shape index (κ3) is 3.45. The van der Waals surface area contributed by atoms with Gasteiger partial charge in [-0.25, -0.2) is 4.79 Å². The number of ether oxygens (including phenoxy) is 2. The molecule has 2 rings (SSSR count). The lowest BCUT2D eigenvalue weighted by molar-refractivity contribution is -0.383. The SMILES string of the molecule is Nc1ccc(C(=O)OCC2CCCCO2)cc1[N+](=O)[O-]. The van der Waals surface area contributed by atoms with E-state index >= 15 is 0 Å². The van der Waals surface area contributed by atoms with Gasteiger partial charge in [-0.3, -0.25) is 10.1 Å². The van der Waals surface area contributed by atoms with Crippen LogP contribution >= 0.6 is 0 Å². The number of nitro groups is 1. The number of benzene rings is 1. The number of nitrogen functional groups attached to an aromatic ring is 1. The largest absolute Gasteiger partial charge is 0.459 e. The Bertz CT molecular complexity index is 511. The van der Waals surface area contributed by atoms with Gasteiger partial charge in [-0.15, -0.1) is 0 Å². The minimum absolute atomic E-state index is 0.0159. The van der Waals surface area contributed by atoms with E-state index in [0.29, 0.717) is 6.61 Å². The van der Waals surface area contributed by atoms with Crippen LogP contribution in [0, 0.1) is 10.1 Å². The standard InChI is InChI=1S/C13H16N2O5/c14-11-5-4-9(7-12(11)15(17)18)13(16)20-8-10-3-1-2-6-19-10/h4-5,7,10H,1-3,6,8,14H2. The average molecular weight is 280 g/mol. The lowest BCUT2D eigenvalue weighted by atomic mass is 10.1. The maximum absolute atomic E-state index is 11.8. The van der Waals surface area contributed by atoms with E-state index < -0.39 is 10.9 Å². The van der Waals surface area contributed by atoms with Crippen LogP contribution in [-0.4, -0.2) is 30.2 Å². The topological polar surface area (TPSA) is 105 Å². The Hall–Kier alpha value is -2.15. The second-order valence-electron chi connectivity index (χ2n) is 4.62. The molecule has 1 aromatic rings. The van der Waals surface area contributed by atoms with E-state index in [-0.39, 0.29) is 29.6 Å². The third-order valence-electron chi connectivity index (χ3n) is 3.14. The van der Waals surface area contributed by atoms with E-state index in [1.54, 1.807) is 0 Å². The van der Waals surface area contributed by atoms with Gasteiger partial charge >= 0.3 is 5.97 Å². The molecule has 0 saturated carbocycles. The van der Waals surface area contributed by atoms with Crippen molar-refractivity contribution < 1.29 is 19.2 Å². The van der Waals surface area contributed by atoms with Crippen molar-refractivity contribution in [2.45, 2.75) is 25.4 Å². The lowest BCUT2D eigenvalue weighted by Gasteiger charge is -2.22. The van der Waals surface area contributed by atoms with Gasteiger partial charge in [-0.1, -0.05) is 0 Å². The Balaban J connectivity index is 1.98. The number of anilines is 1. The summed E-state index contributed by atoms with van der Waals surface area (Å²) in [5.74, 6) is -0.609. The zero-order valence-electron chi connectivity index (χ0n) is 10.9. The molecule has 1 saturated heterocycles. The second kappa shape index (κ2) is 6.33. The van der Waals surface area contributed by atoms with E-state index in [1.807, 2.05) is 0 Å². The summed E-state index contributed by atoms with van der Waals surface area (Å²) in [7, 11) is 0. The predicted molar refractivity (Wildman–Crippen MR) is 71.4 cm³/mol. The van der Waals surface area contributed by atoms with Gasteiger partial charge < -0.3 is 15.2 Å². The number of nitrogens with zero attached hydrogens (tertiary/aromatic N) is 1. The van der Waals surface area contributed by atoms with Gasteiger partial charge in [0.15, 0.2) is 0 Å². The zero-order valence-corrected chi connectivity index (χ0v) is 10.9. The molecular weight excluding hydrogens is 264 g/mol. The minimum atomic E-state index is -0.629. The molecule has 1 aliphatic rings. The molecule has 1 aliphatic heterocycles. The van der Waals surface area contributed by atoms with Crippen molar-refractivity contribution in [1.29, 1.82) is 0 Å². The quantitative estimate of drug-likeness (QED) is 0.391. The maximum atomic E-state index is 11.8. The fraction of sp³-hybridized carbons (Fsp3) is 0.462. The number of hydrogen-bond donors (Lipinski definition) is 1. The molecule has 7 heteroatoms. The van der Waals surface area contributed by atoms with Crippen molar-refractivity contribution >= 4 is 17.3 Å². The molecule has 0 radical (unpaired) electrons. The molecule has 0 aliphatic carbocycles. The highest BCUT2D eigenvalue weighted by Gasteiger charge is 2.19. The molecule has 1 aromatic carbocycles. The van der Waals surface area contributed by atoms with Crippen LogP contribution < -0.4 is 5.73 Å². The van der Waals surface area contributed by atoms with Crippen molar-refractivity contribution in [3.05, 3.63) is 33.9 Å². The van der Waals surface area contributed by atoms with Crippen LogP contribution in [0.15, 0.2) is 18.2 Å². The molecule has 1 heterocycles. The molecule has 108 valence electrons. The van der Waals surface area contributed by atoms with Crippen LogP contribution in [0.5, 0.6) is 0 Å². The fourth-order valence-corrected chi connectivity index (χ4v) is 2.02. The minimum Gasteiger partial charge on any atom is -0.459 e. The highest BCUT2D eigenvalue weighted by molar-refractivity contribution is 5.91. The number of esters is 1. The van der Waals surface area contributed by atoms with Crippen LogP contribution in [0.1, 0.15) is 29.6 Å². The Kier molecular flexibility index (Phi) is 4.52. The van der Waals surface area contributed by atoms with Gasteiger partial charge in [0.2, 0.25) is 0 Å². The molecule has 0 bridgehead atoms. The van der Waals surface area contributed by atoms with Crippen molar-refractivity contribution in [2.75, 3.05) is 18.9 Å². The van der Waals surface area contributed by atoms with E-state index in [4.69, 9.17) is 15.2 Å².